The van der Waals surface area contributed by atoms with Crippen LogP contribution in [0.5, 0.6) is 5.75 Å². The van der Waals surface area contributed by atoms with E-state index in [2.05, 4.69) is 60.5 Å². The maximum absolute atomic E-state index is 6.61. The van der Waals surface area contributed by atoms with E-state index in [9.17, 15) is 0 Å². The fraction of sp³-hybridized carbons (Fsp3) is 0.143. The van der Waals surface area contributed by atoms with Gasteiger partial charge in [-0.15, -0.1) is 11.6 Å². The van der Waals surface area contributed by atoms with E-state index in [1.807, 2.05) is 30.3 Å². The Labute approximate surface area is 148 Å². The van der Waals surface area contributed by atoms with Crippen molar-refractivity contribution in [2.24, 2.45) is 0 Å². The zero-order valence-corrected chi connectivity index (χ0v) is 16.0. The van der Waals surface area contributed by atoms with Crippen molar-refractivity contribution in [3.05, 3.63) is 60.0 Å². The lowest BCUT2D eigenvalue weighted by Crippen LogP contribution is -1.98. The number of hydrogen-bond acceptors (Lipinski definition) is 1. The highest BCUT2D eigenvalue weighted by Crippen LogP contribution is 2.38. The molecule has 1 atom stereocenters. The van der Waals surface area contributed by atoms with Crippen LogP contribution < -0.4 is 4.74 Å². The summed E-state index contributed by atoms with van der Waals surface area (Å²) in [7, 11) is 1.65. The van der Waals surface area contributed by atoms with Crippen LogP contribution in [0.3, 0.4) is 0 Å². The van der Waals surface area contributed by atoms with Crippen LogP contribution in [0.15, 0.2) is 45.3 Å². The van der Waals surface area contributed by atoms with E-state index in [1.165, 1.54) is 0 Å². The molecule has 0 bridgehead atoms. The Morgan fingerprint density at radius 2 is 1.84 bits per heavy atom. The van der Waals surface area contributed by atoms with Crippen LogP contribution >= 0.6 is 66.1 Å². The Morgan fingerprint density at radius 1 is 1.11 bits per heavy atom. The van der Waals surface area contributed by atoms with Gasteiger partial charge in [-0.1, -0.05) is 37.9 Å². The summed E-state index contributed by atoms with van der Waals surface area (Å²) in [6, 6.07) is 11.9. The predicted molar refractivity (Wildman–Crippen MR) is 95.2 cm³/mol. The molecule has 0 amide bonds. The third kappa shape index (κ3) is 3.65. The van der Waals surface area contributed by atoms with Crippen molar-refractivity contribution < 1.29 is 4.74 Å². The molecule has 0 aliphatic rings. The molecular formula is C14H10Br2ClIO. The van der Waals surface area contributed by atoms with E-state index in [0.717, 1.165) is 29.4 Å². The third-order valence-corrected chi connectivity index (χ3v) is 5.34. The Bertz CT molecular complexity index is 604. The number of rotatable bonds is 3. The van der Waals surface area contributed by atoms with Crippen molar-refractivity contribution in [2.45, 2.75) is 5.38 Å². The molecule has 0 spiro atoms. The Balaban J connectivity index is 2.43. The minimum atomic E-state index is -0.204. The van der Waals surface area contributed by atoms with Gasteiger partial charge in [0, 0.05) is 12.5 Å². The fourth-order valence-electron chi connectivity index (χ4n) is 1.72. The summed E-state index contributed by atoms with van der Waals surface area (Å²) in [5.41, 5.74) is 2.11. The van der Waals surface area contributed by atoms with Gasteiger partial charge in [-0.05, 0) is 64.0 Å². The molecule has 2 aromatic carbocycles. The second kappa shape index (κ2) is 6.78. The standard InChI is InChI=1S/C14H10Br2ClIO/c1-19-9-3-4-10(12(16)7-9)14(17)11-6-8(15)2-5-13(11)18/h2-7,14H,1H3. The minimum absolute atomic E-state index is 0.204. The summed E-state index contributed by atoms with van der Waals surface area (Å²) in [5.74, 6) is 0.809. The largest absolute Gasteiger partial charge is 0.497 e. The van der Waals surface area contributed by atoms with Crippen LogP contribution in [0.25, 0.3) is 0 Å². The Kier molecular flexibility index (Phi) is 5.57. The molecule has 0 aliphatic heterocycles. The lowest BCUT2D eigenvalue weighted by molar-refractivity contribution is 0.414. The number of hydrogen-bond donors (Lipinski definition) is 0. The topological polar surface area (TPSA) is 9.23 Å². The van der Waals surface area contributed by atoms with Crippen molar-refractivity contribution in [1.82, 2.24) is 0 Å². The lowest BCUT2D eigenvalue weighted by Gasteiger charge is -2.15. The van der Waals surface area contributed by atoms with Crippen molar-refractivity contribution in [2.75, 3.05) is 7.11 Å². The van der Waals surface area contributed by atoms with E-state index in [0.29, 0.717) is 0 Å². The fourth-order valence-corrected chi connectivity index (χ4v) is 4.02. The molecule has 0 aromatic heterocycles. The van der Waals surface area contributed by atoms with Crippen molar-refractivity contribution in [3.63, 3.8) is 0 Å². The van der Waals surface area contributed by atoms with Crippen LogP contribution in [0.1, 0.15) is 16.5 Å². The second-order valence-corrected chi connectivity index (χ2v) is 7.28. The highest BCUT2D eigenvalue weighted by atomic mass is 127. The molecule has 1 unspecified atom stereocenters. The molecule has 0 saturated carbocycles. The first-order valence-electron chi connectivity index (χ1n) is 5.45. The lowest BCUT2D eigenvalue weighted by atomic mass is 10.0. The average molecular weight is 516 g/mol. The minimum Gasteiger partial charge on any atom is -0.497 e. The van der Waals surface area contributed by atoms with Crippen molar-refractivity contribution in [3.8, 4) is 5.75 Å². The molecule has 0 saturated heterocycles. The normalized spacial score (nSPS) is 12.3. The van der Waals surface area contributed by atoms with Gasteiger partial charge < -0.3 is 4.74 Å². The first kappa shape index (κ1) is 15.6. The molecule has 0 N–H and O–H groups in total. The Morgan fingerprint density at radius 3 is 2.47 bits per heavy atom. The highest BCUT2D eigenvalue weighted by molar-refractivity contribution is 14.1. The Hall–Kier alpha value is 0.220. The maximum Gasteiger partial charge on any atom is 0.120 e. The highest BCUT2D eigenvalue weighted by Gasteiger charge is 2.17. The van der Waals surface area contributed by atoms with Gasteiger partial charge in [0.15, 0.2) is 0 Å². The van der Waals surface area contributed by atoms with Crippen LogP contribution in [-0.2, 0) is 0 Å². The summed E-state index contributed by atoms with van der Waals surface area (Å²) < 4.78 is 8.31. The van der Waals surface area contributed by atoms with Gasteiger partial charge in [-0.25, -0.2) is 0 Å². The van der Waals surface area contributed by atoms with Crippen LogP contribution in [0, 0.1) is 3.57 Å². The molecular weight excluding hydrogens is 506 g/mol. The molecule has 2 rings (SSSR count). The SMILES string of the molecule is COc1ccc(C(Cl)c2cc(Br)ccc2I)c(Br)c1. The molecule has 100 valence electrons. The second-order valence-electron chi connectivity index (χ2n) is 3.92. The molecule has 5 heteroatoms. The number of alkyl halides is 1. The first-order chi connectivity index (χ1) is 9.02. The summed E-state index contributed by atoms with van der Waals surface area (Å²) in [5, 5.41) is -0.204. The van der Waals surface area contributed by atoms with Crippen molar-refractivity contribution >= 4 is 66.1 Å². The summed E-state index contributed by atoms with van der Waals surface area (Å²) >= 11 is 15.9. The third-order valence-electron chi connectivity index (χ3n) is 2.71. The summed E-state index contributed by atoms with van der Waals surface area (Å²) in [4.78, 5) is 0. The van der Waals surface area contributed by atoms with Gasteiger partial charge in [0.05, 0.1) is 12.5 Å². The van der Waals surface area contributed by atoms with Gasteiger partial charge in [0.1, 0.15) is 5.75 Å². The molecule has 0 fully saturated rings. The number of methoxy groups -OCH3 is 1. The van der Waals surface area contributed by atoms with E-state index < -0.39 is 0 Å². The molecule has 1 nitrogen and oxygen atoms in total. The monoisotopic (exact) mass is 514 g/mol. The first-order valence-corrected chi connectivity index (χ1v) is 8.55. The van der Waals surface area contributed by atoms with Crippen LogP contribution in [-0.4, -0.2) is 7.11 Å². The number of halogens is 4. The predicted octanol–water partition coefficient (Wildman–Crippen LogP) is 6.15. The van der Waals surface area contributed by atoms with E-state index in [4.69, 9.17) is 16.3 Å². The quantitative estimate of drug-likeness (QED) is 0.351. The summed E-state index contributed by atoms with van der Waals surface area (Å²) in [6.45, 7) is 0. The molecule has 0 radical (unpaired) electrons. The van der Waals surface area contributed by atoms with Crippen LogP contribution in [0.4, 0.5) is 0 Å². The maximum atomic E-state index is 6.61. The molecule has 0 aliphatic carbocycles. The van der Waals surface area contributed by atoms with E-state index in [-0.39, 0.29) is 5.38 Å². The van der Waals surface area contributed by atoms with Crippen LogP contribution in [0.2, 0.25) is 0 Å². The van der Waals surface area contributed by atoms with Crippen molar-refractivity contribution in [1.29, 1.82) is 0 Å². The number of benzene rings is 2. The van der Waals surface area contributed by atoms with Gasteiger partial charge in [-0.3, -0.25) is 0 Å². The van der Waals surface area contributed by atoms with Gasteiger partial charge >= 0.3 is 0 Å². The zero-order chi connectivity index (χ0) is 14.0. The molecule has 19 heavy (non-hydrogen) atoms. The zero-order valence-electron chi connectivity index (χ0n) is 9.96. The number of ether oxygens (including phenoxy) is 1. The van der Waals surface area contributed by atoms with Gasteiger partial charge in [0.2, 0.25) is 0 Å². The average Bonchev–Trinajstić information content (AvgIpc) is 2.40. The van der Waals surface area contributed by atoms with Gasteiger partial charge in [-0.2, -0.15) is 0 Å². The van der Waals surface area contributed by atoms with Gasteiger partial charge in [0.25, 0.3) is 0 Å². The van der Waals surface area contributed by atoms with E-state index in [1.54, 1.807) is 7.11 Å². The molecule has 0 heterocycles. The molecule has 2 aromatic rings. The van der Waals surface area contributed by atoms with E-state index >= 15 is 0 Å². The smallest absolute Gasteiger partial charge is 0.120 e. The summed E-state index contributed by atoms with van der Waals surface area (Å²) in [6.07, 6.45) is 0.